The maximum Gasteiger partial charge on any atom is 0.258 e. The second-order valence-electron chi connectivity index (χ2n) is 3.90. The van der Waals surface area contributed by atoms with E-state index >= 15 is 0 Å². The maximum atomic E-state index is 11.5. The second-order valence-corrected chi connectivity index (χ2v) is 3.90. The summed E-state index contributed by atoms with van der Waals surface area (Å²) in [5.74, 6) is -0.196. The third-order valence-corrected chi connectivity index (χ3v) is 2.39. The van der Waals surface area contributed by atoms with E-state index < -0.39 is 5.43 Å². The molecule has 0 bridgehead atoms. The van der Waals surface area contributed by atoms with E-state index in [-0.39, 0.29) is 36.7 Å². The first-order valence-corrected chi connectivity index (χ1v) is 5.71. The van der Waals surface area contributed by atoms with Crippen molar-refractivity contribution < 1.29 is 19.1 Å². The number of amides is 1. The number of ether oxygens (including phenoxy) is 1. The van der Waals surface area contributed by atoms with Crippen molar-refractivity contribution in [1.29, 1.82) is 0 Å². The van der Waals surface area contributed by atoms with Gasteiger partial charge in [-0.05, 0) is 13.3 Å². The fraction of sp³-hybridized carbons (Fsp3) is 0.500. The number of nitrogens with one attached hydrogen (secondary N) is 1. The Kier molecular flexibility index (Phi) is 5.38. The van der Waals surface area contributed by atoms with Crippen LogP contribution in [0.15, 0.2) is 21.5 Å². The topological polar surface area (TPSA) is 88.8 Å². The molecule has 0 saturated heterocycles. The number of carbonyl (C=O) groups excluding carboxylic acids is 1. The summed E-state index contributed by atoms with van der Waals surface area (Å²) in [4.78, 5) is 22.9. The van der Waals surface area contributed by atoms with E-state index in [9.17, 15) is 9.59 Å². The Labute approximate surface area is 105 Å². The largest absolute Gasteiger partial charge is 0.477 e. The Morgan fingerprint density at radius 2 is 2.33 bits per heavy atom. The summed E-state index contributed by atoms with van der Waals surface area (Å²) in [5.41, 5.74) is -0.429. The molecule has 6 nitrogen and oxygen atoms in total. The molecule has 2 N–H and O–H groups in total. The van der Waals surface area contributed by atoms with Gasteiger partial charge in [0.1, 0.15) is 18.6 Å². The highest BCUT2D eigenvalue weighted by Crippen LogP contribution is 2.05. The van der Waals surface area contributed by atoms with E-state index in [1.165, 1.54) is 0 Å². The smallest absolute Gasteiger partial charge is 0.258 e. The normalized spacial score (nSPS) is 11.9. The molecule has 0 aliphatic carbocycles. The average molecular weight is 255 g/mol. The van der Waals surface area contributed by atoms with E-state index in [1.807, 2.05) is 13.8 Å². The summed E-state index contributed by atoms with van der Waals surface area (Å²) < 4.78 is 9.96. The molecule has 1 amide bonds. The third kappa shape index (κ3) is 4.21. The molecule has 18 heavy (non-hydrogen) atoms. The van der Waals surface area contributed by atoms with E-state index in [4.69, 9.17) is 14.3 Å². The molecule has 100 valence electrons. The van der Waals surface area contributed by atoms with Crippen LogP contribution in [-0.2, 0) is 11.4 Å². The molecule has 0 aliphatic rings. The first kappa shape index (κ1) is 14.2. The van der Waals surface area contributed by atoms with Gasteiger partial charge in [0.25, 0.3) is 5.91 Å². The third-order valence-electron chi connectivity index (χ3n) is 2.39. The van der Waals surface area contributed by atoms with Gasteiger partial charge in [0.15, 0.2) is 6.61 Å². The Balaban J connectivity index is 2.53. The van der Waals surface area contributed by atoms with Gasteiger partial charge in [-0.2, -0.15) is 0 Å². The zero-order valence-corrected chi connectivity index (χ0v) is 10.4. The average Bonchev–Trinajstić information content (AvgIpc) is 2.36. The molecular formula is C12H17NO5. The number of hydrogen-bond acceptors (Lipinski definition) is 5. The lowest BCUT2D eigenvalue weighted by molar-refractivity contribution is -0.123. The van der Waals surface area contributed by atoms with E-state index in [1.54, 1.807) is 0 Å². The summed E-state index contributed by atoms with van der Waals surface area (Å²) in [5, 5.41) is 11.5. The highest BCUT2D eigenvalue weighted by molar-refractivity contribution is 5.77. The van der Waals surface area contributed by atoms with Gasteiger partial charge in [-0.25, -0.2) is 0 Å². The van der Waals surface area contributed by atoms with Crippen molar-refractivity contribution in [1.82, 2.24) is 5.32 Å². The van der Waals surface area contributed by atoms with Crippen LogP contribution in [0, 0.1) is 0 Å². The maximum absolute atomic E-state index is 11.5. The van der Waals surface area contributed by atoms with Crippen LogP contribution < -0.4 is 15.5 Å². The Bertz CT molecular complexity index is 454. The highest BCUT2D eigenvalue weighted by atomic mass is 16.5. The molecule has 1 aromatic rings. The number of hydrogen-bond donors (Lipinski definition) is 2. The zero-order valence-electron chi connectivity index (χ0n) is 10.4. The fourth-order valence-corrected chi connectivity index (χ4v) is 1.19. The van der Waals surface area contributed by atoms with Crippen molar-refractivity contribution in [2.24, 2.45) is 0 Å². The lowest BCUT2D eigenvalue weighted by Crippen LogP contribution is -2.36. The summed E-state index contributed by atoms with van der Waals surface area (Å²) in [6, 6.07) is 1.19. The predicted molar refractivity (Wildman–Crippen MR) is 64.3 cm³/mol. The van der Waals surface area contributed by atoms with Crippen molar-refractivity contribution in [3.63, 3.8) is 0 Å². The van der Waals surface area contributed by atoms with Crippen LogP contribution in [0.25, 0.3) is 0 Å². The summed E-state index contributed by atoms with van der Waals surface area (Å²) in [7, 11) is 0. The number of aliphatic hydroxyl groups excluding tert-OH is 1. The Morgan fingerprint density at radius 3 is 2.89 bits per heavy atom. The SMILES string of the molecule is CCC(C)NC(=O)COc1coc(CO)cc1=O. The van der Waals surface area contributed by atoms with Gasteiger partial charge in [-0.15, -0.1) is 0 Å². The minimum absolute atomic E-state index is 0.0495. The first-order valence-electron chi connectivity index (χ1n) is 5.71. The molecule has 1 heterocycles. The molecule has 0 spiro atoms. The lowest BCUT2D eigenvalue weighted by Gasteiger charge is -2.11. The number of aliphatic hydroxyl groups is 1. The minimum atomic E-state index is -0.429. The van der Waals surface area contributed by atoms with Crippen LogP contribution >= 0.6 is 0 Å². The monoisotopic (exact) mass is 255 g/mol. The van der Waals surface area contributed by atoms with Gasteiger partial charge < -0.3 is 19.6 Å². The molecule has 0 radical (unpaired) electrons. The van der Waals surface area contributed by atoms with E-state index in [2.05, 4.69) is 5.32 Å². The Morgan fingerprint density at radius 1 is 1.61 bits per heavy atom. The molecule has 1 atom stereocenters. The molecule has 0 aromatic carbocycles. The van der Waals surface area contributed by atoms with Crippen molar-refractivity contribution in [2.75, 3.05) is 6.61 Å². The van der Waals surface area contributed by atoms with Crippen LogP contribution in [-0.4, -0.2) is 23.7 Å². The van der Waals surface area contributed by atoms with Gasteiger partial charge in [0, 0.05) is 12.1 Å². The molecule has 0 saturated carbocycles. The first-order chi connectivity index (χ1) is 8.56. The number of carbonyl (C=O) groups is 1. The van der Waals surface area contributed by atoms with E-state index in [0.717, 1.165) is 18.8 Å². The molecule has 0 aliphatic heterocycles. The standard InChI is InChI=1S/C12H17NO5/c1-3-8(2)13-12(16)7-18-11-6-17-9(5-14)4-10(11)15/h4,6,8,14H,3,5,7H2,1-2H3,(H,13,16). The molecular weight excluding hydrogens is 238 g/mol. The summed E-state index contributed by atoms with van der Waals surface area (Å²) in [6.45, 7) is 3.23. The molecule has 1 unspecified atom stereocenters. The second kappa shape index (κ2) is 6.80. The predicted octanol–water partition coefficient (Wildman–Crippen LogP) is 0.426. The highest BCUT2D eigenvalue weighted by Gasteiger charge is 2.09. The quantitative estimate of drug-likeness (QED) is 0.769. The van der Waals surface area contributed by atoms with Crippen LogP contribution in [0.4, 0.5) is 0 Å². The van der Waals surface area contributed by atoms with Gasteiger partial charge in [-0.3, -0.25) is 9.59 Å². The molecule has 0 fully saturated rings. The lowest BCUT2D eigenvalue weighted by atomic mass is 10.2. The van der Waals surface area contributed by atoms with Crippen molar-refractivity contribution in [2.45, 2.75) is 32.9 Å². The van der Waals surface area contributed by atoms with Crippen molar-refractivity contribution in [3.05, 3.63) is 28.3 Å². The van der Waals surface area contributed by atoms with Gasteiger partial charge in [0.05, 0.1) is 0 Å². The van der Waals surface area contributed by atoms with Crippen LogP contribution in [0.2, 0.25) is 0 Å². The van der Waals surface area contributed by atoms with Crippen LogP contribution in [0.1, 0.15) is 26.0 Å². The zero-order chi connectivity index (χ0) is 13.5. The molecule has 1 rings (SSSR count). The Hall–Kier alpha value is -1.82. The van der Waals surface area contributed by atoms with Crippen molar-refractivity contribution >= 4 is 5.91 Å². The minimum Gasteiger partial charge on any atom is -0.477 e. The number of rotatable bonds is 6. The fourth-order valence-electron chi connectivity index (χ4n) is 1.19. The van der Waals surface area contributed by atoms with Gasteiger partial charge in [0.2, 0.25) is 11.2 Å². The van der Waals surface area contributed by atoms with Gasteiger partial charge in [-0.1, -0.05) is 6.92 Å². The molecule has 6 heteroatoms. The van der Waals surface area contributed by atoms with Crippen LogP contribution in [0.3, 0.4) is 0 Å². The summed E-state index contributed by atoms with van der Waals surface area (Å²) >= 11 is 0. The summed E-state index contributed by atoms with van der Waals surface area (Å²) in [6.07, 6.45) is 1.91. The van der Waals surface area contributed by atoms with Gasteiger partial charge >= 0.3 is 0 Å². The van der Waals surface area contributed by atoms with Crippen molar-refractivity contribution in [3.8, 4) is 5.75 Å². The van der Waals surface area contributed by atoms with Crippen LogP contribution in [0.5, 0.6) is 5.75 Å². The molecule has 1 aromatic heterocycles. The van der Waals surface area contributed by atoms with E-state index in [0.29, 0.717) is 0 Å².